The highest BCUT2D eigenvalue weighted by atomic mass is 19.1. The summed E-state index contributed by atoms with van der Waals surface area (Å²) in [6, 6.07) is 7.17. The van der Waals surface area contributed by atoms with E-state index in [-0.39, 0.29) is 11.2 Å². The number of aliphatic imine (C=N–C) groups is 1. The van der Waals surface area contributed by atoms with Gasteiger partial charge in [-0.25, -0.2) is 4.39 Å². The Hall–Kier alpha value is -1.62. The summed E-state index contributed by atoms with van der Waals surface area (Å²) in [5, 5.41) is 6.86. The van der Waals surface area contributed by atoms with E-state index in [0.29, 0.717) is 0 Å². The van der Waals surface area contributed by atoms with Crippen molar-refractivity contribution >= 4 is 5.96 Å². The molecule has 0 amide bonds. The van der Waals surface area contributed by atoms with Gasteiger partial charge in [0.2, 0.25) is 0 Å². The van der Waals surface area contributed by atoms with E-state index >= 15 is 0 Å². The van der Waals surface area contributed by atoms with Crippen molar-refractivity contribution in [3.05, 3.63) is 35.6 Å². The number of hydrogen-bond donors (Lipinski definition) is 2. The van der Waals surface area contributed by atoms with Crippen LogP contribution >= 0.6 is 0 Å². The minimum absolute atomic E-state index is 0.0596. The van der Waals surface area contributed by atoms with Crippen molar-refractivity contribution in [3.63, 3.8) is 0 Å². The quantitative estimate of drug-likeness (QED) is 0.580. The van der Waals surface area contributed by atoms with Crippen LogP contribution in [0.5, 0.6) is 0 Å². The predicted octanol–water partition coefficient (Wildman–Crippen LogP) is 3.14. The maximum absolute atomic E-state index is 14.1. The molecule has 3 rings (SSSR count). The molecule has 1 saturated heterocycles. The van der Waals surface area contributed by atoms with Gasteiger partial charge in [-0.1, -0.05) is 25.1 Å². The van der Waals surface area contributed by atoms with Crippen LogP contribution in [-0.2, 0) is 5.41 Å². The van der Waals surface area contributed by atoms with Crippen molar-refractivity contribution in [3.8, 4) is 0 Å². The molecule has 26 heavy (non-hydrogen) atoms. The highest BCUT2D eigenvalue weighted by Gasteiger charge is 2.45. The van der Waals surface area contributed by atoms with Gasteiger partial charge in [-0.05, 0) is 69.3 Å². The number of likely N-dealkylation sites (tertiary alicyclic amines) is 1. The van der Waals surface area contributed by atoms with Gasteiger partial charge in [0.25, 0.3) is 0 Å². The van der Waals surface area contributed by atoms with E-state index in [1.165, 1.54) is 38.9 Å². The smallest absolute Gasteiger partial charge is 0.191 e. The summed E-state index contributed by atoms with van der Waals surface area (Å²) in [6.07, 6.45) is 5.87. The van der Waals surface area contributed by atoms with Crippen molar-refractivity contribution in [2.24, 2.45) is 10.9 Å². The van der Waals surface area contributed by atoms with E-state index in [1.54, 1.807) is 19.2 Å². The molecule has 0 aromatic heterocycles. The van der Waals surface area contributed by atoms with E-state index < -0.39 is 0 Å². The van der Waals surface area contributed by atoms with Crippen molar-refractivity contribution in [2.75, 3.05) is 39.8 Å². The highest BCUT2D eigenvalue weighted by Crippen LogP contribution is 2.48. The minimum atomic E-state index is -0.0897. The Morgan fingerprint density at radius 2 is 1.96 bits per heavy atom. The summed E-state index contributed by atoms with van der Waals surface area (Å²) in [5.41, 5.74) is 0.779. The first-order chi connectivity index (χ1) is 12.7. The number of benzene rings is 1. The van der Waals surface area contributed by atoms with Crippen LogP contribution in [0.3, 0.4) is 0 Å². The van der Waals surface area contributed by atoms with Crippen molar-refractivity contribution < 1.29 is 4.39 Å². The highest BCUT2D eigenvalue weighted by molar-refractivity contribution is 5.79. The van der Waals surface area contributed by atoms with Gasteiger partial charge in [0, 0.05) is 25.6 Å². The molecule has 0 radical (unpaired) electrons. The molecular formula is C21H33FN4. The number of piperidine rings is 1. The van der Waals surface area contributed by atoms with Gasteiger partial charge >= 0.3 is 0 Å². The van der Waals surface area contributed by atoms with Crippen molar-refractivity contribution in [1.82, 2.24) is 15.5 Å². The Balaban J connectivity index is 1.41. The largest absolute Gasteiger partial charge is 0.356 e. The Kier molecular flexibility index (Phi) is 6.52. The standard InChI is InChI=1S/C21H33FN4/c1-3-26-14-9-17(10-15-26)8-13-24-20(23-2)25-16-21(11-12-21)18-6-4-5-7-19(18)22/h4-7,17H,3,8-16H2,1-2H3,(H2,23,24,25). The van der Waals surface area contributed by atoms with Crippen LogP contribution in [0.2, 0.25) is 0 Å². The molecule has 2 N–H and O–H groups in total. The lowest BCUT2D eigenvalue weighted by Crippen LogP contribution is -2.42. The SMILES string of the molecule is CCN1CCC(CCNC(=NC)NCC2(c3ccccc3F)CC2)CC1. The van der Waals surface area contributed by atoms with Crippen LogP contribution in [0.25, 0.3) is 0 Å². The molecule has 0 atom stereocenters. The zero-order valence-electron chi connectivity index (χ0n) is 16.2. The monoisotopic (exact) mass is 360 g/mol. The predicted molar refractivity (Wildman–Crippen MR) is 106 cm³/mol. The molecule has 1 aromatic carbocycles. The summed E-state index contributed by atoms with van der Waals surface area (Å²) in [6.45, 7) is 7.57. The van der Waals surface area contributed by atoms with E-state index in [2.05, 4.69) is 27.4 Å². The van der Waals surface area contributed by atoms with Crippen molar-refractivity contribution in [1.29, 1.82) is 0 Å². The first kappa shape index (κ1) is 19.2. The fraction of sp³-hybridized carbons (Fsp3) is 0.667. The molecule has 0 unspecified atom stereocenters. The lowest BCUT2D eigenvalue weighted by Gasteiger charge is -2.31. The van der Waals surface area contributed by atoms with Crippen LogP contribution in [0.15, 0.2) is 29.3 Å². The average Bonchev–Trinajstić information content (AvgIpc) is 3.46. The molecule has 1 aliphatic carbocycles. The molecule has 4 nitrogen and oxygen atoms in total. The van der Waals surface area contributed by atoms with Gasteiger partial charge in [0.1, 0.15) is 5.82 Å². The van der Waals surface area contributed by atoms with Crippen LogP contribution in [-0.4, -0.2) is 50.6 Å². The lowest BCUT2D eigenvalue weighted by molar-refractivity contribution is 0.187. The first-order valence-electron chi connectivity index (χ1n) is 10.1. The third kappa shape index (κ3) is 4.76. The second-order valence-corrected chi connectivity index (χ2v) is 7.78. The van der Waals surface area contributed by atoms with Crippen LogP contribution < -0.4 is 10.6 Å². The molecule has 1 aromatic rings. The van der Waals surface area contributed by atoms with Gasteiger partial charge in [-0.15, -0.1) is 0 Å². The number of rotatable bonds is 7. The third-order valence-corrected chi connectivity index (χ3v) is 6.12. The molecular weight excluding hydrogens is 327 g/mol. The minimum Gasteiger partial charge on any atom is -0.356 e. The Bertz CT molecular complexity index is 604. The van der Waals surface area contributed by atoms with Crippen molar-refractivity contribution in [2.45, 2.75) is 44.4 Å². The van der Waals surface area contributed by atoms with Gasteiger partial charge in [0.05, 0.1) is 0 Å². The second-order valence-electron chi connectivity index (χ2n) is 7.78. The number of halogens is 1. The maximum Gasteiger partial charge on any atom is 0.191 e. The molecule has 1 aliphatic heterocycles. The van der Waals surface area contributed by atoms with Crippen LogP contribution in [0, 0.1) is 11.7 Å². The molecule has 5 heteroatoms. The summed E-state index contributed by atoms with van der Waals surface area (Å²) >= 11 is 0. The van der Waals surface area contributed by atoms with E-state index in [4.69, 9.17) is 0 Å². The molecule has 1 heterocycles. The normalized spacial score (nSPS) is 20.8. The molecule has 0 spiro atoms. The zero-order chi connectivity index (χ0) is 18.4. The summed E-state index contributed by atoms with van der Waals surface area (Å²) in [7, 11) is 1.80. The lowest BCUT2D eigenvalue weighted by atomic mass is 9.93. The zero-order valence-corrected chi connectivity index (χ0v) is 16.2. The number of nitrogens with zero attached hydrogens (tertiary/aromatic N) is 2. The fourth-order valence-electron chi connectivity index (χ4n) is 4.04. The topological polar surface area (TPSA) is 39.7 Å². The Morgan fingerprint density at radius 1 is 1.23 bits per heavy atom. The summed E-state index contributed by atoms with van der Waals surface area (Å²) in [4.78, 5) is 6.87. The van der Waals surface area contributed by atoms with E-state index in [9.17, 15) is 4.39 Å². The summed E-state index contributed by atoms with van der Waals surface area (Å²) in [5.74, 6) is 1.56. The van der Waals surface area contributed by atoms with Gasteiger partial charge in [-0.3, -0.25) is 4.99 Å². The molecule has 1 saturated carbocycles. The third-order valence-electron chi connectivity index (χ3n) is 6.12. The molecule has 2 aliphatic rings. The van der Waals surface area contributed by atoms with Gasteiger partial charge < -0.3 is 15.5 Å². The van der Waals surface area contributed by atoms with Crippen LogP contribution in [0.4, 0.5) is 4.39 Å². The number of guanidine groups is 1. The fourth-order valence-corrected chi connectivity index (χ4v) is 4.04. The first-order valence-corrected chi connectivity index (χ1v) is 10.1. The van der Waals surface area contributed by atoms with Gasteiger partial charge in [-0.2, -0.15) is 0 Å². The summed E-state index contributed by atoms with van der Waals surface area (Å²) < 4.78 is 14.1. The van der Waals surface area contributed by atoms with Gasteiger partial charge in [0.15, 0.2) is 5.96 Å². The van der Waals surface area contributed by atoms with E-state index in [0.717, 1.165) is 43.4 Å². The Labute approximate surface area is 157 Å². The maximum atomic E-state index is 14.1. The molecule has 2 fully saturated rings. The Morgan fingerprint density at radius 3 is 2.58 bits per heavy atom. The second kappa shape index (κ2) is 8.85. The number of hydrogen-bond acceptors (Lipinski definition) is 2. The molecule has 144 valence electrons. The average molecular weight is 361 g/mol. The molecule has 0 bridgehead atoms. The van der Waals surface area contributed by atoms with E-state index in [1.807, 2.05) is 12.1 Å². The number of nitrogens with one attached hydrogen (secondary N) is 2. The van der Waals surface area contributed by atoms with Crippen LogP contribution in [0.1, 0.15) is 44.6 Å².